The Morgan fingerprint density at radius 1 is 1.00 bits per heavy atom. The minimum Gasteiger partial charge on any atom is -0.379 e. The lowest BCUT2D eigenvalue weighted by atomic mass is 10.1. The Balaban J connectivity index is 1.70. The molecular weight excluding hydrogens is 324 g/mol. The second kappa shape index (κ2) is 7.34. The number of sulfonamides is 1. The highest BCUT2D eigenvalue weighted by Crippen LogP contribution is 2.23. The summed E-state index contributed by atoms with van der Waals surface area (Å²) in [6, 6.07) is 16.2. The van der Waals surface area contributed by atoms with E-state index in [0.717, 1.165) is 26.3 Å². The first-order valence-corrected chi connectivity index (χ1v) is 9.54. The second-order valence-corrected chi connectivity index (χ2v) is 7.55. The molecule has 6 heteroatoms. The fourth-order valence-electron chi connectivity index (χ4n) is 2.82. The molecule has 1 saturated heterocycles. The zero-order valence-corrected chi connectivity index (χ0v) is 14.5. The molecule has 1 N–H and O–H groups in total. The molecule has 0 saturated carbocycles. The Morgan fingerprint density at radius 3 is 2.25 bits per heavy atom. The smallest absolute Gasteiger partial charge is 0.261 e. The van der Waals surface area contributed by atoms with Crippen LogP contribution in [0, 0.1) is 0 Å². The third kappa shape index (κ3) is 3.95. The van der Waals surface area contributed by atoms with Crippen LogP contribution in [0.4, 0.5) is 5.69 Å². The van der Waals surface area contributed by atoms with Crippen LogP contribution < -0.4 is 4.72 Å². The van der Waals surface area contributed by atoms with Gasteiger partial charge in [0.05, 0.1) is 18.1 Å². The maximum absolute atomic E-state index is 12.3. The molecule has 1 aliphatic heterocycles. The minimum atomic E-state index is -3.54. The molecule has 3 rings (SSSR count). The first kappa shape index (κ1) is 17.0. The predicted octanol–water partition coefficient (Wildman–Crippen LogP) is 2.88. The second-order valence-electron chi connectivity index (χ2n) is 5.86. The van der Waals surface area contributed by atoms with E-state index in [1.807, 2.05) is 24.3 Å². The molecule has 1 aliphatic rings. The molecule has 0 aliphatic carbocycles. The first-order valence-electron chi connectivity index (χ1n) is 8.06. The van der Waals surface area contributed by atoms with Gasteiger partial charge in [0, 0.05) is 24.8 Å². The van der Waals surface area contributed by atoms with Gasteiger partial charge in [0.1, 0.15) is 0 Å². The van der Waals surface area contributed by atoms with E-state index < -0.39 is 10.0 Å². The Labute approximate surface area is 143 Å². The van der Waals surface area contributed by atoms with Gasteiger partial charge in [-0.15, -0.1) is 0 Å². The fraction of sp³-hybridized carbons (Fsp3) is 0.333. The molecule has 0 unspecified atom stereocenters. The largest absolute Gasteiger partial charge is 0.379 e. The number of nitrogens with one attached hydrogen (secondary N) is 1. The summed E-state index contributed by atoms with van der Waals surface area (Å²) in [5, 5.41) is 0. The number of ether oxygens (including phenoxy) is 1. The number of morpholine rings is 1. The van der Waals surface area contributed by atoms with Crippen LogP contribution in [0.1, 0.15) is 18.5 Å². The molecule has 0 bridgehead atoms. The van der Waals surface area contributed by atoms with Gasteiger partial charge in [0.2, 0.25) is 0 Å². The maximum Gasteiger partial charge on any atom is 0.261 e. The third-order valence-corrected chi connectivity index (χ3v) is 5.69. The maximum atomic E-state index is 12.3. The van der Waals surface area contributed by atoms with Gasteiger partial charge in [-0.1, -0.05) is 30.3 Å². The van der Waals surface area contributed by atoms with Gasteiger partial charge in [0.15, 0.2) is 0 Å². The van der Waals surface area contributed by atoms with Crippen LogP contribution in [0.15, 0.2) is 59.5 Å². The number of nitrogens with zero attached hydrogens (tertiary/aromatic N) is 1. The van der Waals surface area contributed by atoms with Gasteiger partial charge >= 0.3 is 0 Å². The lowest BCUT2D eigenvalue weighted by molar-refractivity contribution is 0.0198. The summed E-state index contributed by atoms with van der Waals surface area (Å²) in [6.07, 6.45) is 0. The average Bonchev–Trinajstić information content (AvgIpc) is 2.63. The monoisotopic (exact) mass is 346 g/mol. The molecule has 0 radical (unpaired) electrons. The molecule has 2 aromatic carbocycles. The summed E-state index contributed by atoms with van der Waals surface area (Å²) in [7, 11) is -3.54. The van der Waals surface area contributed by atoms with Crippen LogP contribution in [0.25, 0.3) is 0 Å². The Morgan fingerprint density at radius 2 is 1.62 bits per heavy atom. The van der Waals surface area contributed by atoms with Gasteiger partial charge < -0.3 is 4.74 Å². The molecule has 5 nitrogen and oxygen atoms in total. The summed E-state index contributed by atoms with van der Waals surface area (Å²) >= 11 is 0. The van der Waals surface area contributed by atoms with E-state index in [4.69, 9.17) is 4.74 Å². The summed E-state index contributed by atoms with van der Waals surface area (Å²) < 4.78 is 32.7. The van der Waals surface area contributed by atoms with E-state index >= 15 is 0 Å². The van der Waals surface area contributed by atoms with Crippen molar-refractivity contribution in [2.75, 3.05) is 31.0 Å². The highest BCUT2D eigenvalue weighted by molar-refractivity contribution is 7.92. The fourth-order valence-corrected chi connectivity index (χ4v) is 3.90. The van der Waals surface area contributed by atoms with E-state index in [1.54, 1.807) is 30.3 Å². The van der Waals surface area contributed by atoms with Crippen LogP contribution >= 0.6 is 0 Å². The summed E-state index contributed by atoms with van der Waals surface area (Å²) in [4.78, 5) is 2.63. The van der Waals surface area contributed by atoms with Gasteiger partial charge in [-0.25, -0.2) is 8.42 Å². The van der Waals surface area contributed by atoms with Crippen molar-refractivity contribution in [3.8, 4) is 0 Å². The average molecular weight is 346 g/mol. The van der Waals surface area contributed by atoms with Gasteiger partial charge in [-0.05, 0) is 36.8 Å². The number of hydrogen-bond donors (Lipinski definition) is 1. The van der Waals surface area contributed by atoms with Crippen molar-refractivity contribution >= 4 is 15.7 Å². The van der Waals surface area contributed by atoms with Crippen LogP contribution in [0.5, 0.6) is 0 Å². The Hall–Kier alpha value is -1.89. The van der Waals surface area contributed by atoms with Gasteiger partial charge in [0.25, 0.3) is 10.0 Å². The standard InChI is InChI=1S/C18H22N2O3S/c1-15(20-11-13-23-14-12-20)16-7-9-17(10-8-16)19-24(21,22)18-5-3-2-4-6-18/h2-10,15,19H,11-14H2,1H3/t15-/m0/s1. The molecule has 0 aromatic heterocycles. The number of anilines is 1. The van der Waals surface area contributed by atoms with E-state index in [0.29, 0.717) is 5.69 Å². The van der Waals surface area contributed by atoms with E-state index in [2.05, 4.69) is 16.5 Å². The van der Waals surface area contributed by atoms with E-state index in [-0.39, 0.29) is 10.9 Å². The molecule has 1 heterocycles. The summed E-state index contributed by atoms with van der Waals surface area (Å²) in [5.74, 6) is 0. The molecule has 1 fully saturated rings. The summed E-state index contributed by atoms with van der Waals surface area (Å²) in [6.45, 7) is 5.53. The van der Waals surface area contributed by atoms with Crippen LogP contribution in [0.2, 0.25) is 0 Å². The highest BCUT2D eigenvalue weighted by atomic mass is 32.2. The summed E-state index contributed by atoms with van der Waals surface area (Å²) in [5.41, 5.74) is 1.73. The molecule has 128 valence electrons. The van der Waals surface area contributed by atoms with Crippen LogP contribution in [0.3, 0.4) is 0 Å². The molecule has 0 spiro atoms. The topological polar surface area (TPSA) is 58.6 Å². The first-order chi connectivity index (χ1) is 11.6. The normalized spacial score (nSPS) is 17.4. The highest BCUT2D eigenvalue weighted by Gasteiger charge is 2.19. The number of hydrogen-bond acceptors (Lipinski definition) is 4. The molecule has 0 amide bonds. The van der Waals surface area contributed by atoms with Crippen molar-refractivity contribution < 1.29 is 13.2 Å². The van der Waals surface area contributed by atoms with Crippen LogP contribution in [-0.4, -0.2) is 39.6 Å². The molecule has 1 atom stereocenters. The van der Waals surface area contributed by atoms with Crippen molar-refractivity contribution in [3.63, 3.8) is 0 Å². The number of rotatable bonds is 5. The van der Waals surface area contributed by atoms with Crippen LogP contribution in [-0.2, 0) is 14.8 Å². The molecule has 24 heavy (non-hydrogen) atoms. The quantitative estimate of drug-likeness (QED) is 0.904. The lowest BCUT2D eigenvalue weighted by Crippen LogP contribution is -2.37. The van der Waals surface area contributed by atoms with Crippen molar-refractivity contribution in [1.29, 1.82) is 0 Å². The van der Waals surface area contributed by atoms with Crippen molar-refractivity contribution in [1.82, 2.24) is 4.90 Å². The van der Waals surface area contributed by atoms with E-state index in [1.165, 1.54) is 5.56 Å². The molecule has 2 aromatic rings. The molecular formula is C18H22N2O3S. The lowest BCUT2D eigenvalue weighted by Gasteiger charge is -2.32. The number of benzene rings is 2. The zero-order chi connectivity index (χ0) is 17.0. The van der Waals surface area contributed by atoms with Gasteiger partial charge in [-0.2, -0.15) is 0 Å². The van der Waals surface area contributed by atoms with Gasteiger partial charge in [-0.3, -0.25) is 9.62 Å². The van der Waals surface area contributed by atoms with E-state index in [9.17, 15) is 8.42 Å². The predicted molar refractivity (Wildman–Crippen MR) is 94.5 cm³/mol. The van der Waals surface area contributed by atoms with Crippen molar-refractivity contribution in [2.45, 2.75) is 17.9 Å². The minimum absolute atomic E-state index is 0.260. The van der Waals surface area contributed by atoms with Crippen molar-refractivity contribution in [3.05, 3.63) is 60.2 Å². The Kier molecular flexibility index (Phi) is 5.18. The zero-order valence-electron chi connectivity index (χ0n) is 13.7. The van der Waals surface area contributed by atoms with Crippen molar-refractivity contribution in [2.24, 2.45) is 0 Å². The third-order valence-electron chi connectivity index (χ3n) is 4.29. The Bertz CT molecular complexity index is 755. The SMILES string of the molecule is C[C@@H](c1ccc(NS(=O)(=O)c2ccccc2)cc1)N1CCOCC1.